The largest absolute Gasteiger partial charge is 0.480 e. The molecule has 4 rings (SSSR count). The van der Waals surface area contributed by atoms with Crippen molar-refractivity contribution < 1.29 is 19.5 Å². The van der Waals surface area contributed by atoms with Crippen molar-refractivity contribution in [1.82, 2.24) is 4.90 Å². The van der Waals surface area contributed by atoms with Gasteiger partial charge < -0.3 is 10.0 Å². The molecular formula is C30H30N2O4S. The standard InChI is InChI=1S/C30H30N2O4S/c1-18-7-11-21(12-8-18)28(34)25-24(22-6-5-15-37-22)27(29(35)36)32(23(33)16-30(2,3)4)26(25)20-13-9-19(17-31)10-14-20/h5-15,24-27H,16H2,1-4H3,(H,35,36). The van der Waals surface area contributed by atoms with E-state index in [4.69, 9.17) is 0 Å². The lowest BCUT2D eigenvalue weighted by Crippen LogP contribution is -2.44. The topological polar surface area (TPSA) is 98.5 Å². The molecule has 0 bridgehead atoms. The van der Waals surface area contributed by atoms with Crippen molar-refractivity contribution in [2.24, 2.45) is 11.3 Å². The third kappa shape index (κ3) is 5.35. The molecule has 190 valence electrons. The van der Waals surface area contributed by atoms with Crippen molar-refractivity contribution in [2.45, 2.75) is 52.1 Å². The van der Waals surface area contributed by atoms with Crippen LogP contribution in [-0.2, 0) is 9.59 Å². The number of benzene rings is 2. The lowest BCUT2D eigenvalue weighted by atomic mass is 9.78. The first kappa shape index (κ1) is 26.3. The van der Waals surface area contributed by atoms with Crippen LogP contribution in [0.25, 0.3) is 0 Å². The van der Waals surface area contributed by atoms with Crippen LogP contribution < -0.4 is 0 Å². The fraction of sp³-hybridized carbons (Fsp3) is 0.333. The summed E-state index contributed by atoms with van der Waals surface area (Å²) in [5.74, 6) is -3.20. The number of thiophene rings is 1. The molecule has 6 nitrogen and oxygen atoms in total. The minimum Gasteiger partial charge on any atom is -0.480 e. The smallest absolute Gasteiger partial charge is 0.327 e. The van der Waals surface area contributed by atoms with E-state index in [0.717, 1.165) is 10.4 Å². The molecule has 1 aromatic heterocycles. The predicted molar refractivity (Wildman–Crippen MR) is 142 cm³/mol. The lowest BCUT2D eigenvalue weighted by molar-refractivity contribution is -0.151. The number of carbonyl (C=O) groups excluding carboxylic acids is 2. The normalized spacial score (nSPS) is 21.4. The van der Waals surface area contributed by atoms with Gasteiger partial charge in [-0.25, -0.2) is 4.79 Å². The zero-order valence-electron chi connectivity index (χ0n) is 21.3. The monoisotopic (exact) mass is 514 g/mol. The molecule has 2 heterocycles. The molecule has 37 heavy (non-hydrogen) atoms. The highest BCUT2D eigenvalue weighted by Crippen LogP contribution is 2.52. The maximum atomic E-state index is 14.2. The van der Waals surface area contributed by atoms with E-state index in [1.54, 1.807) is 36.4 Å². The number of aliphatic carboxylic acids is 1. The van der Waals surface area contributed by atoms with Crippen molar-refractivity contribution >= 4 is 29.0 Å². The Morgan fingerprint density at radius 2 is 1.68 bits per heavy atom. The first-order valence-corrected chi connectivity index (χ1v) is 13.1. The van der Waals surface area contributed by atoms with Gasteiger partial charge in [-0.05, 0) is 41.5 Å². The number of likely N-dealkylation sites (tertiary alicyclic amines) is 1. The number of hydrogen-bond donors (Lipinski definition) is 1. The first-order valence-electron chi connectivity index (χ1n) is 12.2. The number of carboxylic acids is 1. The summed E-state index contributed by atoms with van der Waals surface area (Å²) in [5, 5.41) is 21.7. The van der Waals surface area contributed by atoms with Crippen molar-refractivity contribution in [1.29, 1.82) is 5.26 Å². The summed E-state index contributed by atoms with van der Waals surface area (Å²) in [7, 11) is 0. The highest BCUT2D eigenvalue weighted by molar-refractivity contribution is 7.10. The molecular weight excluding hydrogens is 484 g/mol. The van der Waals surface area contributed by atoms with E-state index < -0.39 is 29.9 Å². The summed E-state index contributed by atoms with van der Waals surface area (Å²) in [6.45, 7) is 7.72. The second-order valence-corrected chi connectivity index (χ2v) is 11.8. The Morgan fingerprint density at radius 1 is 1.03 bits per heavy atom. The molecule has 1 saturated heterocycles. The Bertz CT molecular complexity index is 1330. The number of nitriles is 1. The van der Waals surface area contributed by atoms with E-state index in [9.17, 15) is 24.8 Å². The summed E-state index contributed by atoms with van der Waals surface area (Å²) in [4.78, 5) is 43.1. The average Bonchev–Trinajstić information content (AvgIpc) is 3.49. The zero-order chi connectivity index (χ0) is 26.9. The van der Waals surface area contributed by atoms with Gasteiger partial charge in [0, 0.05) is 22.8 Å². The third-order valence-corrected chi connectivity index (χ3v) is 7.75. The maximum Gasteiger partial charge on any atom is 0.327 e. The Labute approximate surface area is 221 Å². The minimum absolute atomic E-state index is 0.131. The number of carboxylic acid groups (broad SMARTS) is 1. The molecule has 4 atom stereocenters. The summed E-state index contributed by atoms with van der Waals surface area (Å²) in [6, 6.07) is 17.7. The van der Waals surface area contributed by atoms with Gasteiger partial charge in [0.25, 0.3) is 0 Å². The van der Waals surface area contributed by atoms with Crippen molar-refractivity contribution in [3.63, 3.8) is 0 Å². The molecule has 1 aliphatic heterocycles. The van der Waals surface area contributed by atoms with Crippen LogP contribution in [-0.4, -0.2) is 33.7 Å². The lowest BCUT2D eigenvalue weighted by Gasteiger charge is -2.32. The second-order valence-electron chi connectivity index (χ2n) is 10.8. The first-order chi connectivity index (χ1) is 17.5. The molecule has 1 amide bonds. The van der Waals surface area contributed by atoms with E-state index in [1.807, 2.05) is 57.3 Å². The van der Waals surface area contributed by atoms with E-state index in [2.05, 4.69) is 6.07 Å². The number of aryl methyl sites for hydroxylation is 1. The SMILES string of the molecule is Cc1ccc(C(=O)C2C(c3cccs3)C(C(=O)O)N(C(=O)CC(C)(C)C)C2c2ccc(C#N)cc2)cc1. The highest BCUT2D eigenvalue weighted by Gasteiger charge is 2.58. The average molecular weight is 515 g/mol. The van der Waals surface area contributed by atoms with E-state index in [-0.39, 0.29) is 23.5 Å². The molecule has 0 spiro atoms. The number of ketones is 1. The molecule has 0 saturated carbocycles. The Balaban J connectivity index is 1.96. The van der Waals surface area contributed by atoms with Crippen LogP contribution in [0.5, 0.6) is 0 Å². The van der Waals surface area contributed by atoms with E-state index >= 15 is 0 Å². The zero-order valence-corrected chi connectivity index (χ0v) is 22.2. The minimum atomic E-state index is -1.21. The number of hydrogen-bond acceptors (Lipinski definition) is 5. The van der Waals surface area contributed by atoms with Gasteiger partial charge in [-0.3, -0.25) is 9.59 Å². The van der Waals surface area contributed by atoms with Crippen LogP contribution in [0.1, 0.15) is 71.1 Å². The van der Waals surface area contributed by atoms with Crippen LogP contribution in [0.2, 0.25) is 0 Å². The van der Waals surface area contributed by atoms with Gasteiger partial charge in [0.1, 0.15) is 6.04 Å². The fourth-order valence-electron chi connectivity index (χ4n) is 5.19. The van der Waals surface area contributed by atoms with Gasteiger partial charge in [-0.2, -0.15) is 5.26 Å². The number of amides is 1. The number of rotatable bonds is 6. The highest BCUT2D eigenvalue weighted by atomic mass is 32.1. The molecule has 0 radical (unpaired) electrons. The molecule has 1 fully saturated rings. The quantitative estimate of drug-likeness (QED) is 0.408. The van der Waals surface area contributed by atoms with Gasteiger partial charge in [0.05, 0.1) is 23.6 Å². The van der Waals surface area contributed by atoms with E-state index in [1.165, 1.54) is 16.2 Å². The van der Waals surface area contributed by atoms with Gasteiger partial charge >= 0.3 is 5.97 Å². The molecule has 1 aliphatic rings. The number of nitrogens with zero attached hydrogens (tertiary/aromatic N) is 2. The fourth-order valence-corrected chi connectivity index (χ4v) is 6.10. The van der Waals surface area contributed by atoms with Crippen LogP contribution in [0.15, 0.2) is 66.0 Å². The Morgan fingerprint density at radius 3 is 2.19 bits per heavy atom. The summed E-state index contributed by atoms with van der Waals surface area (Å²) in [5.41, 5.74) is 2.18. The molecule has 2 aromatic carbocycles. The predicted octanol–water partition coefficient (Wildman–Crippen LogP) is 5.98. The van der Waals surface area contributed by atoms with E-state index in [0.29, 0.717) is 16.7 Å². The van der Waals surface area contributed by atoms with Gasteiger partial charge in [-0.15, -0.1) is 11.3 Å². The van der Waals surface area contributed by atoms with Crippen LogP contribution >= 0.6 is 11.3 Å². The van der Waals surface area contributed by atoms with Crippen LogP contribution in [0.4, 0.5) is 0 Å². The molecule has 4 unspecified atom stereocenters. The second kappa shape index (κ2) is 10.3. The number of Topliss-reactive ketones (excluding diaryl/α,β-unsaturated/α-hetero) is 1. The summed E-state index contributed by atoms with van der Waals surface area (Å²) < 4.78 is 0. The molecule has 3 aromatic rings. The maximum absolute atomic E-state index is 14.2. The van der Waals surface area contributed by atoms with Crippen molar-refractivity contribution in [3.05, 3.63) is 93.2 Å². The summed E-state index contributed by atoms with van der Waals surface area (Å²) >= 11 is 1.39. The molecule has 1 N–H and O–H groups in total. The molecule has 0 aliphatic carbocycles. The van der Waals surface area contributed by atoms with Gasteiger partial charge in [-0.1, -0.05) is 68.8 Å². The van der Waals surface area contributed by atoms with Crippen LogP contribution in [0.3, 0.4) is 0 Å². The Hall–Kier alpha value is -3.76. The molecule has 7 heteroatoms. The third-order valence-electron chi connectivity index (χ3n) is 6.78. The van der Waals surface area contributed by atoms with Crippen molar-refractivity contribution in [2.75, 3.05) is 0 Å². The Kier molecular flexibility index (Phi) is 7.33. The van der Waals surface area contributed by atoms with Gasteiger partial charge in [0.2, 0.25) is 5.91 Å². The van der Waals surface area contributed by atoms with Crippen LogP contribution in [0, 0.1) is 29.6 Å². The van der Waals surface area contributed by atoms with Crippen molar-refractivity contribution in [3.8, 4) is 6.07 Å². The number of carbonyl (C=O) groups is 3. The van der Waals surface area contributed by atoms with Gasteiger partial charge in [0.15, 0.2) is 5.78 Å². The summed E-state index contributed by atoms with van der Waals surface area (Å²) in [6.07, 6.45) is 0.131.